The molecule has 0 unspecified atom stereocenters. The van der Waals surface area contributed by atoms with E-state index >= 15 is 0 Å². The number of ketones is 1. The molecule has 0 fully saturated rings. The van der Waals surface area contributed by atoms with Gasteiger partial charge < -0.3 is 4.74 Å². The van der Waals surface area contributed by atoms with Crippen LogP contribution in [-0.2, 0) is 0 Å². The van der Waals surface area contributed by atoms with Crippen molar-refractivity contribution in [2.75, 3.05) is 7.11 Å². The largest absolute Gasteiger partial charge is 0.496 e. The summed E-state index contributed by atoms with van der Waals surface area (Å²) in [5.74, 6) is 0.346. The average Bonchev–Trinajstić information content (AvgIpc) is 2.17. The first-order chi connectivity index (χ1) is 6.61. The van der Waals surface area contributed by atoms with Gasteiger partial charge in [-0.2, -0.15) is 5.26 Å². The number of Topliss-reactive ketones (excluding diaryl/α,β-unsaturated/α-hetero) is 1. The molecule has 0 spiro atoms. The lowest BCUT2D eigenvalue weighted by atomic mass is 10.0. The molecular formula is C11H11NO2. The Bertz CT molecular complexity index is 416. The van der Waals surface area contributed by atoms with Crippen molar-refractivity contribution in [2.45, 2.75) is 13.8 Å². The maximum atomic E-state index is 11.3. The minimum atomic E-state index is -0.151. The highest BCUT2D eigenvalue weighted by Crippen LogP contribution is 2.26. The molecule has 3 nitrogen and oxygen atoms in total. The molecule has 0 radical (unpaired) electrons. The van der Waals surface area contributed by atoms with Crippen molar-refractivity contribution >= 4 is 5.78 Å². The molecule has 1 aromatic carbocycles. The first-order valence-corrected chi connectivity index (χ1v) is 4.20. The van der Waals surface area contributed by atoms with Crippen LogP contribution >= 0.6 is 0 Å². The van der Waals surface area contributed by atoms with Crippen molar-refractivity contribution in [3.05, 3.63) is 28.8 Å². The Hall–Kier alpha value is -1.82. The highest BCUT2D eigenvalue weighted by atomic mass is 16.5. The van der Waals surface area contributed by atoms with Gasteiger partial charge in [-0.3, -0.25) is 4.79 Å². The highest BCUT2D eigenvalue weighted by Gasteiger charge is 2.15. The van der Waals surface area contributed by atoms with Crippen LogP contribution < -0.4 is 4.74 Å². The monoisotopic (exact) mass is 189 g/mol. The van der Waals surface area contributed by atoms with E-state index in [1.54, 1.807) is 12.1 Å². The average molecular weight is 189 g/mol. The second-order valence-electron chi connectivity index (χ2n) is 3.01. The summed E-state index contributed by atoms with van der Waals surface area (Å²) in [5, 5.41) is 8.82. The number of carbonyl (C=O) groups excluding carboxylic acids is 1. The molecule has 3 heteroatoms. The molecule has 14 heavy (non-hydrogen) atoms. The first-order valence-electron chi connectivity index (χ1n) is 4.20. The Morgan fingerprint density at radius 2 is 2.14 bits per heavy atom. The highest BCUT2D eigenvalue weighted by molar-refractivity contribution is 5.99. The van der Waals surface area contributed by atoms with E-state index in [2.05, 4.69) is 0 Å². The number of benzene rings is 1. The van der Waals surface area contributed by atoms with E-state index in [4.69, 9.17) is 10.00 Å². The Morgan fingerprint density at radius 3 is 2.57 bits per heavy atom. The van der Waals surface area contributed by atoms with Crippen LogP contribution in [0.25, 0.3) is 0 Å². The summed E-state index contributed by atoms with van der Waals surface area (Å²) in [7, 11) is 1.50. The Labute approximate surface area is 82.9 Å². The lowest BCUT2D eigenvalue weighted by molar-refractivity contribution is 0.101. The van der Waals surface area contributed by atoms with Crippen LogP contribution in [0.1, 0.15) is 28.4 Å². The number of nitrogens with zero attached hydrogens (tertiary/aromatic N) is 1. The third-order valence-electron chi connectivity index (χ3n) is 2.03. The number of methoxy groups -OCH3 is 1. The molecule has 0 bridgehead atoms. The normalized spacial score (nSPS) is 9.29. The maximum Gasteiger partial charge on any atom is 0.164 e. The number of aryl methyl sites for hydroxylation is 1. The maximum absolute atomic E-state index is 11.3. The number of carbonyl (C=O) groups is 1. The van der Waals surface area contributed by atoms with Gasteiger partial charge in [-0.1, -0.05) is 6.07 Å². The van der Waals surface area contributed by atoms with Gasteiger partial charge in [0.05, 0.1) is 18.2 Å². The van der Waals surface area contributed by atoms with Gasteiger partial charge in [0.1, 0.15) is 11.8 Å². The Kier molecular flexibility index (Phi) is 2.88. The molecule has 0 amide bonds. The van der Waals surface area contributed by atoms with E-state index in [-0.39, 0.29) is 5.78 Å². The van der Waals surface area contributed by atoms with Gasteiger partial charge in [0.15, 0.2) is 5.78 Å². The van der Waals surface area contributed by atoms with Gasteiger partial charge in [-0.15, -0.1) is 0 Å². The lowest BCUT2D eigenvalue weighted by Gasteiger charge is -2.09. The van der Waals surface area contributed by atoms with Crippen molar-refractivity contribution in [3.8, 4) is 11.8 Å². The number of hydrogen-bond acceptors (Lipinski definition) is 3. The second-order valence-corrected chi connectivity index (χ2v) is 3.01. The molecule has 0 saturated carbocycles. The van der Waals surface area contributed by atoms with Gasteiger partial charge >= 0.3 is 0 Å². The summed E-state index contributed by atoms with van der Waals surface area (Å²) in [4.78, 5) is 11.3. The number of ether oxygens (including phenoxy) is 1. The van der Waals surface area contributed by atoms with Crippen LogP contribution in [0, 0.1) is 18.3 Å². The molecule has 1 rings (SSSR count). The van der Waals surface area contributed by atoms with Gasteiger partial charge in [-0.05, 0) is 25.5 Å². The Morgan fingerprint density at radius 1 is 1.50 bits per heavy atom. The van der Waals surface area contributed by atoms with Gasteiger partial charge in [0.25, 0.3) is 0 Å². The van der Waals surface area contributed by atoms with Gasteiger partial charge in [0.2, 0.25) is 0 Å². The fourth-order valence-corrected chi connectivity index (χ4v) is 1.39. The first kappa shape index (κ1) is 10.3. The van der Waals surface area contributed by atoms with E-state index in [0.29, 0.717) is 16.9 Å². The molecule has 0 heterocycles. The summed E-state index contributed by atoms with van der Waals surface area (Å²) in [5.41, 5.74) is 1.59. The van der Waals surface area contributed by atoms with Crippen molar-refractivity contribution < 1.29 is 9.53 Å². The van der Waals surface area contributed by atoms with Crippen LogP contribution in [-0.4, -0.2) is 12.9 Å². The minimum Gasteiger partial charge on any atom is -0.496 e. The number of nitriles is 1. The quantitative estimate of drug-likeness (QED) is 0.669. The predicted octanol–water partition coefficient (Wildman–Crippen LogP) is 2.08. The van der Waals surface area contributed by atoms with Gasteiger partial charge in [-0.25, -0.2) is 0 Å². The molecular weight excluding hydrogens is 178 g/mol. The minimum absolute atomic E-state index is 0.151. The molecule has 0 saturated heterocycles. The van der Waals surface area contributed by atoms with Gasteiger partial charge in [0, 0.05) is 0 Å². The third kappa shape index (κ3) is 1.60. The van der Waals surface area contributed by atoms with Crippen molar-refractivity contribution in [1.29, 1.82) is 5.26 Å². The van der Waals surface area contributed by atoms with E-state index in [9.17, 15) is 4.79 Å². The fourth-order valence-electron chi connectivity index (χ4n) is 1.39. The summed E-state index contributed by atoms with van der Waals surface area (Å²) < 4.78 is 5.11. The number of rotatable bonds is 2. The van der Waals surface area contributed by atoms with Crippen molar-refractivity contribution in [1.82, 2.24) is 0 Å². The second kappa shape index (κ2) is 3.93. The summed E-state index contributed by atoms with van der Waals surface area (Å²) >= 11 is 0. The van der Waals surface area contributed by atoms with E-state index in [1.807, 2.05) is 13.0 Å². The van der Waals surface area contributed by atoms with Crippen LogP contribution in [0.2, 0.25) is 0 Å². The standard InChI is InChI=1S/C11H11NO2/c1-7-4-5-9(6-12)10(8(2)13)11(7)14-3/h4-5H,1-3H3. The molecule has 0 aliphatic heterocycles. The molecule has 72 valence electrons. The fraction of sp³-hybridized carbons (Fsp3) is 0.273. The van der Waals surface area contributed by atoms with Crippen LogP contribution in [0.3, 0.4) is 0 Å². The van der Waals surface area contributed by atoms with Crippen LogP contribution in [0.5, 0.6) is 5.75 Å². The van der Waals surface area contributed by atoms with E-state index in [1.165, 1.54) is 14.0 Å². The summed E-state index contributed by atoms with van der Waals surface area (Å²) in [6.45, 7) is 3.27. The topological polar surface area (TPSA) is 50.1 Å². The predicted molar refractivity (Wildman–Crippen MR) is 52.5 cm³/mol. The summed E-state index contributed by atoms with van der Waals surface area (Å²) in [6.07, 6.45) is 0. The summed E-state index contributed by atoms with van der Waals surface area (Å²) in [6, 6.07) is 5.38. The SMILES string of the molecule is COc1c(C)ccc(C#N)c1C(C)=O. The molecule has 0 N–H and O–H groups in total. The van der Waals surface area contributed by atoms with Crippen LogP contribution in [0.15, 0.2) is 12.1 Å². The third-order valence-corrected chi connectivity index (χ3v) is 2.03. The zero-order chi connectivity index (χ0) is 10.7. The van der Waals surface area contributed by atoms with Crippen molar-refractivity contribution in [2.24, 2.45) is 0 Å². The molecule has 0 aromatic heterocycles. The number of hydrogen-bond donors (Lipinski definition) is 0. The zero-order valence-corrected chi connectivity index (χ0v) is 8.42. The lowest BCUT2D eigenvalue weighted by Crippen LogP contribution is -2.02. The Balaban J connectivity index is 3.54. The smallest absolute Gasteiger partial charge is 0.164 e. The van der Waals surface area contributed by atoms with Crippen molar-refractivity contribution in [3.63, 3.8) is 0 Å². The molecule has 0 aliphatic rings. The van der Waals surface area contributed by atoms with Crippen LogP contribution in [0.4, 0.5) is 0 Å². The van der Waals surface area contributed by atoms with E-state index in [0.717, 1.165) is 5.56 Å². The zero-order valence-electron chi connectivity index (χ0n) is 8.42. The molecule has 1 aromatic rings. The molecule has 0 aliphatic carbocycles. The molecule has 0 atom stereocenters. The van der Waals surface area contributed by atoms with E-state index < -0.39 is 0 Å².